The van der Waals surface area contributed by atoms with Crippen LogP contribution in [0.15, 0.2) is 134 Å². The quantitative estimate of drug-likeness (QED) is 0.164. The van der Waals surface area contributed by atoms with Gasteiger partial charge in [-0.3, -0.25) is 0 Å². The van der Waals surface area contributed by atoms with E-state index in [2.05, 4.69) is 0 Å². The maximum absolute atomic E-state index is 11.6. The van der Waals surface area contributed by atoms with Crippen molar-refractivity contribution in [1.29, 1.82) is 0 Å². The zero-order valence-corrected chi connectivity index (χ0v) is 27.3. The van der Waals surface area contributed by atoms with Gasteiger partial charge in [0.15, 0.2) is 12.4 Å². The fourth-order valence-corrected chi connectivity index (χ4v) is 5.84. The molecule has 2 aliphatic heterocycles. The predicted octanol–water partition coefficient (Wildman–Crippen LogP) is 5.34. The number of aliphatic hydroxyl groups is 2. The van der Waals surface area contributed by atoms with Crippen LogP contribution in [0.4, 0.5) is 0 Å². The molecule has 0 radical (unpaired) electrons. The van der Waals surface area contributed by atoms with Gasteiger partial charge in [0.1, 0.15) is 36.6 Å². The predicted molar refractivity (Wildman–Crippen MR) is 182 cm³/mol. The Balaban J connectivity index is 1.19. The first-order valence-electron chi connectivity index (χ1n) is 16.7. The lowest BCUT2D eigenvalue weighted by atomic mass is 9.98. The fourth-order valence-electron chi connectivity index (χ4n) is 5.84. The van der Waals surface area contributed by atoms with Gasteiger partial charge < -0.3 is 43.4 Å². The Labute approximate surface area is 287 Å². The van der Waals surface area contributed by atoms with Crippen LogP contribution in [0.3, 0.4) is 0 Å². The van der Waals surface area contributed by atoms with Gasteiger partial charge in [0.2, 0.25) is 0 Å². The van der Waals surface area contributed by atoms with E-state index < -0.39 is 49.0 Å². The highest BCUT2D eigenvalue weighted by molar-refractivity contribution is 5.16. The Bertz CT molecular complexity index is 1520. The minimum absolute atomic E-state index is 0.0481. The summed E-state index contributed by atoms with van der Waals surface area (Å²) in [6.07, 6.45) is -4.10. The number of benzene rings is 4. The number of rotatable bonds is 16. The van der Waals surface area contributed by atoms with E-state index >= 15 is 0 Å². The number of ether oxygens (including phenoxy) is 7. The van der Waals surface area contributed by atoms with Crippen LogP contribution in [0.1, 0.15) is 22.3 Å². The molecule has 49 heavy (non-hydrogen) atoms. The molecule has 2 aliphatic rings. The van der Waals surface area contributed by atoms with Crippen molar-refractivity contribution in [2.24, 2.45) is 0 Å². The van der Waals surface area contributed by atoms with E-state index in [0.717, 1.165) is 22.3 Å². The second kappa shape index (κ2) is 18.2. The maximum Gasteiger partial charge on any atom is 0.187 e. The van der Waals surface area contributed by atoms with Gasteiger partial charge in [-0.2, -0.15) is 0 Å². The van der Waals surface area contributed by atoms with Crippen LogP contribution >= 0.6 is 0 Å². The van der Waals surface area contributed by atoms with Gasteiger partial charge in [0.25, 0.3) is 0 Å². The summed E-state index contributed by atoms with van der Waals surface area (Å²) >= 11 is 0. The van der Waals surface area contributed by atoms with Gasteiger partial charge in [-0.15, -0.1) is 0 Å². The highest BCUT2D eigenvalue weighted by Crippen LogP contribution is 2.30. The molecule has 2 heterocycles. The molecule has 8 atom stereocenters. The average Bonchev–Trinajstić information content (AvgIpc) is 3.15. The highest BCUT2D eigenvalue weighted by Gasteiger charge is 2.48. The van der Waals surface area contributed by atoms with E-state index in [4.69, 9.17) is 33.2 Å². The summed E-state index contributed by atoms with van der Waals surface area (Å²) in [7, 11) is 0. The monoisotopic (exact) mass is 668 g/mol. The van der Waals surface area contributed by atoms with Crippen molar-refractivity contribution in [2.75, 3.05) is 13.2 Å². The molecule has 0 bridgehead atoms. The number of hydrogen-bond donors (Lipinski definition) is 2. The van der Waals surface area contributed by atoms with Gasteiger partial charge in [0.05, 0.1) is 45.9 Å². The molecule has 9 heteroatoms. The van der Waals surface area contributed by atoms with E-state index in [1.165, 1.54) is 0 Å². The largest absolute Gasteiger partial charge is 0.493 e. The Morgan fingerprint density at radius 3 is 1.51 bits per heavy atom. The van der Waals surface area contributed by atoms with E-state index in [9.17, 15) is 10.2 Å². The molecule has 3 unspecified atom stereocenters. The molecule has 2 N–H and O–H groups in total. The molecule has 1 saturated heterocycles. The van der Waals surface area contributed by atoms with E-state index in [1.807, 2.05) is 121 Å². The van der Waals surface area contributed by atoms with Crippen LogP contribution < -0.4 is 0 Å². The molecule has 0 saturated carbocycles. The van der Waals surface area contributed by atoms with Crippen LogP contribution in [0.25, 0.3) is 0 Å². The lowest BCUT2D eigenvalue weighted by Gasteiger charge is -2.45. The number of aliphatic hydroxyl groups excluding tert-OH is 2. The van der Waals surface area contributed by atoms with Gasteiger partial charge in [-0.25, -0.2) is 0 Å². The minimum atomic E-state index is -1.34. The smallest absolute Gasteiger partial charge is 0.187 e. The van der Waals surface area contributed by atoms with Crippen LogP contribution in [0.5, 0.6) is 0 Å². The third-order valence-corrected chi connectivity index (χ3v) is 8.50. The second-order valence-electron chi connectivity index (χ2n) is 12.2. The molecule has 0 amide bonds. The Morgan fingerprint density at radius 2 is 0.980 bits per heavy atom. The number of hydrogen-bond acceptors (Lipinski definition) is 9. The summed E-state index contributed by atoms with van der Waals surface area (Å²) in [5.41, 5.74) is 3.92. The highest BCUT2D eigenvalue weighted by atomic mass is 16.7. The summed E-state index contributed by atoms with van der Waals surface area (Å²) in [4.78, 5) is 0. The van der Waals surface area contributed by atoms with Crippen LogP contribution in [0.2, 0.25) is 0 Å². The maximum atomic E-state index is 11.6. The molecule has 258 valence electrons. The molecular weight excluding hydrogens is 624 g/mol. The van der Waals surface area contributed by atoms with Gasteiger partial charge in [-0.05, 0) is 28.3 Å². The summed E-state index contributed by atoms with van der Waals surface area (Å²) < 4.78 is 43.5. The van der Waals surface area contributed by atoms with Crippen molar-refractivity contribution in [3.05, 3.63) is 156 Å². The van der Waals surface area contributed by atoms with Crippen molar-refractivity contribution in [3.63, 3.8) is 0 Å². The third-order valence-electron chi connectivity index (χ3n) is 8.50. The zero-order chi connectivity index (χ0) is 33.7. The average molecular weight is 669 g/mol. The molecular formula is C40H44O9. The SMILES string of the molecule is OC1[C@H](O[C@H]2C(COCc3ccccc3)OC=C[C@H]2OCc2ccccc2)OC(COCc2ccccc2)[C@H](O)[C@@H]1OCc1ccccc1. The second-order valence-corrected chi connectivity index (χ2v) is 12.2. The first-order valence-corrected chi connectivity index (χ1v) is 16.7. The molecule has 9 nitrogen and oxygen atoms in total. The lowest BCUT2D eigenvalue weighted by molar-refractivity contribution is -0.333. The van der Waals surface area contributed by atoms with Crippen LogP contribution in [-0.4, -0.2) is 72.4 Å². The van der Waals surface area contributed by atoms with Crippen molar-refractivity contribution in [2.45, 2.75) is 75.4 Å². The molecule has 4 aromatic rings. The summed E-state index contributed by atoms with van der Waals surface area (Å²) in [6, 6.07) is 39.1. The molecule has 1 fully saturated rings. The van der Waals surface area contributed by atoms with E-state index in [0.29, 0.717) is 19.8 Å². The zero-order valence-electron chi connectivity index (χ0n) is 27.3. The molecule has 0 aliphatic carbocycles. The summed E-state index contributed by atoms with van der Waals surface area (Å²) in [6.45, 7) is 1.47. The van der Waals surface area contributed by atoms with Crippen molar-refractivity contribution in [3.8, 4) is 0 Å². The first-order chi connectivity index (χ1) is 24.1. The van der Waals surface area contributed by atoms with Gasteiger partial charge in [-0.1, -0.05) is 121 Å². The van der Waals surface area contributed by atoms with Crippen molar-refractivity contribution >= 4 is 0 Å². The topological polar surface area (TPSA) is 105 Å². The molecule has 0 aromatic heterocycles. The van der Waals surface area contributed by atoms with Crippen molar-refractivity contribution in [1.82, 2.24) is 0 Å². The summed E-state index contributed by atoms with van der Waals surface area (Å²) in [5.74, 6) is 0. The Kier molecular flexibility index (Phi) is 13.0. The van der Waals surface area contributed by atoms with Crippen LogP contribution in [-0.2, 0) is 59.6 Å². The van der Waals surface area contributed by atoms with E-state index in [1.54, 1.807) is 12.3 Å². The third kappa shape index (κ3) is 10.1. The van der Waals surface area contributed by atoms with Crippen LogP contribution in [0, 0.1) is 0 Å². The molecule has 0 spiro atoms. The lowest BCUT2D eigenvalue weighted by Crippen LogP contribution is -2.62. The van der Waals surface area contributed by atoms with Gasteiger partial charge >= 0.3 is 0 Å². The van der Waals surface area contributed by atoms with E-state index in [-0.39, 0.29) is 19.8 Å². The molecule has 4 aromatic carbocycles. The minimum Gasteiger partial charge on any atom is -0.493 e. The standard InChI is InChI=1S/C40H44O9/c41-36-34(27-43-23-29-13-5-1-6-14-29)48-40(37(42)39(36)47-26-32-19-11-4-12-20-32)49-38-33(46-25-31-17-9-3-10-18-31)21-22-45-35(38)28-44-24-30-15-7-2-8-16-30/h1-22,33-42H,23-28H2/t33-,34?,35?,36+,37?,38-,39+,40+/m1/s1. The van der Waals surface area contributed by atoms with Crippen molar-refractivity contribution < 1.29 is 43.4 Å². The molecule has 6 rings (SSSR count). The Hall–Kier alpha value is -3.90. The summed E-state index contributed by atoms with van der Waals surface area (Å²) in [5, 5.41) is 23.0. The fraction of sp³-hybridized carbons (Fsp3) is 0.350. The first kappa shape index (κ1) is 34.9. The Morgan fingerprint density at radius 1 is 0.510 bits per heavy atom. The van der Waals surface area contributed by atoms with Gasteiger partial charge in [0, 0.05) is 0 Å². The normalized spacial score (nSPS) is 26.7.